The number of carbonyl (C=O) groups is 2. The van der Waals surface area contributed by atoms with Crippen molar-refractivity contribution in [2.24, 2.45) is 5.92 Å². The fourth-order valence-corrected chi connectivity index (χ4v) is 4.65. The van der Waals surface area contributed by atoms with Crippen LogP contribution in [0.3, 0.4) is 0 Å². The number of nitrogens with zero attached hydrogens (tertiary/aromatic N) is 2. The molecule has 34 heavy (non-hydrogen) atoms. The lowest BCUT2D eigenvalue weighted by atomic mass is 10.1. The molecule has 2 amide bonds. The zero-order chi connectivity index (χ0) is 25.5. The standard InChI is InChI=1S/C25H34ClN3O4S/c1-6-22(25(31)27-15-18(2)3)28(16-20-11-8-7-9-12-20)24(30)17-29(34(5,32)33)23-14-10-13-21(26)19(23)4/h7-14,18,22H,6,15-17H2,1-5H3,(H,27,31). The van der Waals surface area contributed by atoms with E-state index >= 15 is 0 Å². The molecular weight excluding hydrogens is 474 g/mol. The quantitative estimate of drug-likeness (QED) is 0.498. The molecule has 186 valence electrons. The minimum atomic E-state index is -3.81. The van der Waals surface area contributed by atoms with E-state index in [9.17, 15) is 18.0 Å². The van der Waals surface area contributed by atoms with E-state index in [2.05, 4.69) is 5.32 Å². The first-order valence-corrected chi connectivity index (χ1v) is 13.5. The number of carbonyl (C=O) groups excluding carboxylic acids is 2. The van der Waals surface area contributed by atoms with Gasteiger partial charge in [-0.05, 0) is 42.5 Å². The highest BCUT2D eigenvalue weighted by molar-refractivity contribution is 7.92. The van der Waals surface area contributed by atoms with Crippen molar-refractivity contribution in [2.45, 2.75) is 46.7 Å². The second-order valence-electron chi connectivity index (χ2n) is 8.72. The highest BCUT2D eigenvalue weighted by Crippen LogP contribution is 2.28. The Balaban J connectivity index is 2.44. The summed E-state index contributed by atoms with van der Waals surface area (Å²) < 4.78 is 26.4. The summed E-state index contributed by atoms with van der Waals surface area (Å²) >= 11 is 6.22. The molecule has 1 unspecified atom stereocenters. The molecule has 1 N–H and O–H groups in total. The molecule has 0 heterocycles. The molecular formula is C25H34ClN3O4S. The smallest absolute Gasteiger partial charge is 0.244 e. The first-order valence-electron chi connectivity index (χ1n) is 11.3. The number of anilines is 1. The normalized spacial score (nSPS) is 12.3. The summed E-state index contributed by atoms with van der Waals surface area (Å²) in [4.78, 5) is 28.1. The van der Waals surface area contributed by atoms with Gasteiger partial charge in [0, 0.05) is 18.1 Å². The molecule has 2 aromatic rings. The summed E-state index contributed by atoms with van der Waals surface area (Å²) in [5.74, 6) is -0.475. The van der Waals surface area contributed by atoms with Gasteiger partial charge in [-0.3, -0.25) is 13.9 Å². The Morgan fingerprint density at radius 2 is 1.71 bits per heavy atom. The van der Waals surface area contributed by atoms with E-state index in [0.717, 1.165) is 16.1 Å². The molecule has 0 saturated carbocycles. The molecule has 9 heteroatoms. The Labute approximate surface area is 208 Å². The number of amides is 2. The van der Waals surface area contributed by atoms with Crippen molar-refractivity contribution < 1.29 is 18.0 Å². The van der Waals surface area contributed by atoms with Gasteiger partial charge >= 0.3 is 0 Å². The molecule has 2 rings (SSSR count). The molecule has 7 nitrogen and oxygen atoms in total. The van der Waals surface area contributed by atoms with Crippen molar-refractivity contribution in [2.75, 3.05) is 23.7 Å². The van der Waals surface area contributed by atoms with Crippen molar-refractivity contribution in [3.05, 3.63) is 64.7 Å². The average molecular weight is 508 g/mol. The third-order valence-electron chi connectivity index (χ3n) is 5.45. The average Bonchev–Trinajstić information content (AvgIpc) is 2.77. The maximum atomic E-state index is 13.6. The summed E-state index contributed by atoms with van der Waals surface area (Å²) in [6.07, 6.45) is 1.44. The summed E-state index contributed by atoms with van der Waals surface area (Å²) in [5.41, 5.74) is 1.73. The Bertz CT molecular complexity index is 1090. The minimum Gasteiger partial charge on any atom is -0.354 e. The fourth-order valence-electron chi connectivity index (χ4n) is 3.58. The van der Waals surface area contributed by atoms with Gasteiger partial charge in [0.15, 0.2) is 0 Å². The van der Waals surface area contributed by atoms with Gasteiger partial charge in [0.25, 0.3) is 0 Å². The molecule has 0 aromatic heterocycles. The lowest BCUT2D eigenvalue weighted by Crippen LogP contribution is -2.52. The van der Waals surface area contributed by atoms with Gasteiger partial charge in [0.2, 0.25) is 21.8 Å². The van der Waals surface area contributed by atoms with Crippen molar-refractivity contribution in [3.63, 3.8) is 0 Å². The third-order valence-corrected chi connectivity index (χ3v) is 6.99. The van der Waals surface area contributed by atoms with E-state index in [1.54, 1.807) is 25.1 Å². The Morgan fingerprint density at radius 1 is 1.06 bits per heavy atom. The van der Waals surface area contributed by atoms with Crippen LogP contribution in [0.5, 0.6) is 0 Å². The predicted octanol–water partition coefficient (Wildman–Crippen LogP) is 3.99. The van der Waals surface area contributed by atoms with Gasteiger partial charge in [-0.15, -0.1) is 0 Å². The van der Waals surface area contributed by atoms with Crippen molar-refractivity contribution in [1.29, 1.82) is 0 Å². The van der Waals surface area contributed by atoms with Crippen LogP contribution in [0.4, 0.5) is 5.69 Å². The molecule has 0 bridgehead atoms. The second kappa shape index (κ2) is 12.2. The van der Waals surface area contributed by atoms with Gasteiger partial charge in [0.1, 0.15) is 12.6 Å². The number of hydrogen-bond acceptors (Lipinski definition) is 4. The van der Waals surface area contributed by atoms with Gasteiger partial charge in [-0.25, -0.2) is 8.42 Å². The molecule has 0 aliphatic carbocycles. The number of hydrogen-bond donors (Lipinski definition) is 1. The highest BCUT2D eigenvalue weighted by Gasteiger charge is 2.32. The highest BCUT2D eigenvalue weighted by atomic mass is 35.5. The van der Waals surface area contributed by atoms with Crippen LogP contribution in [0.1, 0.15) is 38.3 Å². The van der Waals surface area contributed by atoms with Crippen LogP contribution < -0.4 is 9.62 Å². The Morgan fingerprint density at radius 3 is 2.26 bits per heavy atom. The van der Waals surface area contributed by atoms with Crippen molar-refractivity contribution in [3.8, 4) is 0 Å². The molecule has 0 saturated heterocycles. The first kappa shape index (κ1) is 27.7. The van der Waals surface area contributed by atoms with E-state index in [0.29, 0.717) is 29.2 Å². The van der Waals surface area contributed by atoms with Crippen molar-refractivity contribution >= 4 is 39.1 Å². The van der Waals surface area contributed by atoms with Crippen LogP contribution in [0.25, 0.3) is 0 Å². The fraction of sp³-hybridized carbons (Fsp3) is 0.440. The SMILES string of the molecule is CCC(C(=O)NCC(C)C)N(Cc1ccccc1)C(=O)CN(c1cccc(Cl)c1C)S(C)(=O)=O. The molecule has 0 spiro atoms. The summed E-state index contributed by atoms with van der Waals surface area (Å²) in [5, 5.41) is 3.31. The van der Waals surface area contributed by atoms with Gasteiger partial charge < -0.3 is 10.2 Å². The Kier molecular flexibility index (Phi) is 9.94. The lowest BCUT2D eigenvalue weighted by molar-refractivity contribution is -0.140. The molecule has 0 aliphatic rings. The second-order valence-corrected chi connectivity index (χ2v) is 11.0. The van der Waals surface area contributed by atoms with E-state index in [-0.39, 0.29) is 18.4 Å². The van der Waals surface area contributed by atoms with E-state index in [1.807, 2.05) is 51.1 Å². The monoisotopic (exact) mass is 507 g/mol. The third kappa shape index (κ3) is 7.46. The van der Waals surface area contributed by atoms with E-state index in [4.69, 9.17) is 11.6 Å². The lowest BCUT2D eigenvalue weighted by Gasteiger charge is -2.33. The number of sulfonamides is 1. The zero-order valence-electron chi connectivity index (χ0n) is 20.4. The molecule has 1 atom stereocenters. The van der Waals surface area contributed by atoms with Crippen molar-refractivity contribution in [1.82, 2.24) is 10.2 Å². The topological polar surface area (TPSA) is 86.8 Å². The molecule has 0 radical (unpaired) electrons. The predicted molar refractivity (Wildman–Crippen MR) is 137 cm³/mol. The van der Waals surface area contributed by atoms with Gasteiger partial charge in [-0.1, -0.05) is 68.8 Å². The number of nitrogens with one attached hydrogen (secondary N) is 1. The van der Waals surface area contributed by atoms with E-state index < -0.39 is 28.5 Å². The summed E-state index contributed by atoms with van der Waals surface area (Å²) in [7, 11) is -3.81. The molecule has 0 aliphatic heterocycles. The largest absolute Gasteiger partial charge is 0.354 e. The van der Waals surface area contributed by atoms with Crippen LogP contribution in [0, 0.1) is 12.8 Å². The molecule has 0 fully saturated rings. The van der Waals surface area contributed by atoms with Gasteiger partial charge in [-0.2, -0.15) is 0 Å². The van der Waals surface area contributed by atoms with Crippen LogP contribution in [-0.2, 0) is 26.2 Å². The van der Waals surface area contributed by atoms with Gasteiger partial charge in [0.05, 0.1) is 11.9 Å². The summed E-state index contributed by atoms with van der Waals surface area (Å²) in [6.45, 7) is 7.74. The maximum Gasteiger partial charge on any atom is 0.244 e. The Hall–Kier alpha value is -2.58. The minimum absolute atomic E-state index is 0.180. The zero-order valence-corrected chi connectivity index (χ0v) is 22.0. The van der Waals surface area contributed by atoms with Crippen LogP contribution in [0.2, 0.25) is 5.02 Å². The van der Waals surface area contributed by atoms with E-state index in [1.165, 1.54) is 4.90 Å². The first-order chi connectivity index (χ1) is 16.0. The number of benzene rings is 2. The maximum absolute atomic E-state index is 13.6. The number of halogens is 1. The number of rotatable bonds is 11. The molecule has 2 aromatic carbocycles. The van der Waals surface area contributed by atoms with Crippen LogP contribution in [-0.4, -0.2) is 50.5 Å². The van der Waals surface area contributed by atoms with Crippen LogP contribution in [0.15, 0.2) is 48.5 Å². The summed E-state index contributed by atoms with van der Waals surface area (Å²) in [6, 6.07) is 13.5. The van der Waals surface area contributed by atoms with Crippen LogP contribution >= 0.6 is 11.6 Å².